The number of hydrogen-bond acceptors (Lipinski definition) is 5. The molecule has 2 N–H and O–H groups in total. The molecule has 0 radical (unpaired) electrons. The van der Waals surface area contributed by atoms with Crippen LogP contribution in [-0.4, -0.2) is 19.2 Å². The Morgan fingerprint density at radius 2 is 2.00 bits per heavy atom. The molecule has 2 aromatic carbocycles. The number of ether oxygens (including phenoxy) is 2. The zero-order chi connectivity index (χ0) is 16.1. The molecule has 1 aliphatic heterocycles. The summed E-state index contributed by atoms with van der Waals surface area (Å²) in [6.07, 6.45) is 0.286. The van der Waals surface area contributed by atoms with Gasteiger partial charge < -0.3 is 20.1 Å². The molecule has 0 spiro atoms. The lowest BCUT2D eigenvalue weighted by Gasteiger charge is -2.09. The minimum atomic E-state index is -0.120. The normalized spacial score (nSPS) is 11.6. The van der Waals surface area contributed by atoms with Crippen LogP contribution in [0.5, 0.6) is 11.5 Å². The lowest BCUT2D eigenvalue weighted by molar-refractivity contribution is -0.115. The van der Waals surface area contributed by atoms with Crippen molar-refractivity contribution < 1.29 is 14.3 Å². The van der Waals surface area contributed by atoms with Crippen molar-refractivity contribution in [1.29, 1.82) is 5.26 Å². The first kappa shape index (κ1) is 14.7. The van der Waals surface area contributed by atoms with Gasteiger partial charge in [-0.15, -0.1) is 0 Å². The summed E-state index contributed by atoms with van der Waals surface area (Å²) in [5, 5.41) is 14.9. The Morgan fingerprint density at radius 1 is 1.17 bits per heavy atom. The van der Waals surface area contributed by atoms with Gasteiger partial charge >= 0.3 is 0 Å². The zero-order valence-electron chi connectivity index (χ0n) is 12.3. The Labute approximate surface area is 133 Å². The summed E-state index contributed by atoms with van der Waals surface area (Å²) >= 11 is 0. The number of benzene rings is 2. The molecule has 0 atom stereocenters. The average molecular weight is 309 g/mol. The van der Waals surface area contributed by atoms with Crippen LogP contribution >= 0.6 is 0 Å². The van der Waals surface area contributed by atoms with Gasteiger partial charge in [-0.05, 0) is 24.3 Å². The van der Waals surface area contributed by atoms with Crippen molar-refractivity contribution >= 4 is 17.3 Å². The molecular formula is C17H15N3O3. The fraction of sp³-hybridized carbons (Fsp3) is 0.176. The lowest BCUT2D eigenvalue weighted by atomic mass is 10.2. The highest BCUT2D eigenvalue weighted by Gasteiger charge is 2.14. The van der Waals surface area contributed by atoms with Gasteiger partial charge in [0.2, 0.25) is 12.7 Å². The summed E-state index contributed by atoms with van der Waals surface area (Å²) in [5.74, 6) is 1.19. The Bertz CT molecular complexity index is 768. The molecule has 1 aliphatic rings. The molecule has 6 nitrogen and oxygen atoms in total. The third-order valence-corrected chi connectivity index (χ3v) is 3.37. The molecule has 23 heavy (non-hydrogen) atoms. The predicted octanol–water partition coefficient (Wildman–Crippen LogP) is 2.73. The topological polar surface area (TPSA) is 83.4 Å². The number of nitrogens with one attached hydrogen (secondary N) is 2. The Balaban J connectivity index is 1.51. The van der Waals surface area contributed by atoms with E-state index in [1.165, 1.54) is 0 Å². The first-order valence-electron chi connectivity index (χ1n) is 7.19. The summed E-state index contributed by atoms with van der Waals surface area (Å²) in [6, 6.07) is 14.6. The summed E-state index contributed by atoms with van der Waals surface area (Å²) in [7, 11) is 0. The average Bonchev–Trinajstić information content (AvgIpc) is 3.03. The number of carbonyl (C=O) groups is 1. The molecule has 0 saturated carbocycles. The minimum Gasteiger partial charge on any atom is -0.454 e. The molecule has 0 aromatic heterocycles. The number of para-hydroxylation sites is 1. The number of fused-ring (bicyclic) bond motifs is 1. The highest BCUT2D eigenvalue weighted by atomic mass is 16.7. The van der Waals surface area contributed by atoms with E-state index in [1.54, 1.807) is 30.3 Å². The number of carbonyl (C=O) groups excluding carboxylic acids is 1. The van der Waals surface area contributed by atoms with Crippen LogP contribution in [0.3, 0.4) is 0 Å². The Morgan fingerprint density at radius 3 is 2.87 bits per heavy atom. The quantitative estimate of drug-likeness (QED) is 0.887. The summed E-state index contributed by atoms with van der Waals surface area (Å²) < 4.78 is 10.5. The first-order chi connectivity index (χ1) is 11.3. The number of nitriles is 1. The fourth-order valence-electron chi connectivity index (χ4n) is 2.24. The third-order valence-electron chi connectivity index (χ3n) is 3.37. The second-order valence-corrected chi connectivity index (χ2v) is 4.95. The van der Waals surface area contributed by atoms with Crippen LogP contribution in [0, 0.1) is 11.3 Å². The minimum absolute atomic E-state index is 0.120. The monoisotopic (exact) mass is 309 g/mol. The summed E-state index contributed by atoms with van der Waals surface area (Å²) in [5.41, 5.74) is 1.95. The van der Waals surface area contributed by atoms with Gasteiger partial charge in [-0.3, -0.25) is 4.79 Å². The van der Waals surface area contributed by atoms with E-state index in [0.717, 1.165) is 5.69 Å². The second kappa shape index (κ2) is 6.71. The Hall–Kier alpha value is -3.20. The van der Waals surface area contributed by atoms with E-state index in [4.69, 9.17) is 14.7 Å². The number of anilines is 2. The van der Waals surface area contributed by atoms with Gasteiger partial charge in [0.05, 0.1) is 11.3 Å². The van der Waals surface area contributed by atoms with Gasteiger partial charge in [0, 0.05) is 24.7 Å². The van der Waals surface area contributed by atoms with Crippen molar-refractivity contribution in [2.45, 2.75) is 6.42 Å². The highest BCUT2D eigenvalue weighted by Crippen LogP contribution is 2.34. The largest absolute Gasteiger partial charge is 0.454 e. The van der Waals surface area contributed by atoms with Crippen LogP contribution in [0.2, 0.25) is 0 Å². The van der Waals surface area contributed by atoms with Crippen LogP contribution in [0.1, 0.15) is 12.0 Å². The lowest BCUT2D eigenvalue weighted by Crippen LogP contribution is -2.16. The van der Waals surface area contributed by atoms with Crippen LogP contribution in [0.25, 0.3) is 0 Å². The second-order valence-electron chi connectivity index (χ2n) is 4.95. The molecule has 0 bridgehead atoms. The maximum atomic E-state index is 12.0. The van der Waals surface area contributed by atoms with Gasteiger partial charge in [-0.2, -0.15) is 5.26 Å². The van der Waals surface area contributed by atoms with Crippen LogP contribution in [-0.2, 0) is 4.79 Å². The maximum Gasteiger partial charge on any atom is 0.231 e. The molecule has 0 unspecified atom stereocenters. The number of hydrogen-bond donors (Lipinski definition) is 2. The van der Waals surface area contributed by atoms with Crippen molar-refractivity contribution in [3.05, 3.63) is 48.0 Å². The molecule has 116 valence electrons. The van der Waals surface area contributed by atoms with Gasteiger partial charge in [0.1, 0.15) is 6.07 Å². The van der Waals surface area contributed by atoms with Gasteiger partial charge in [-0.1, -0.05) is 12.1 Å². The van der Waals surface area contributed by atoms with Crippen LogP contribution in [0.4, 0.5) is 11.4 Å². The predicted molar refractivity (Wildman–Crippen MR) is 85.5 cm³/mol. The Kier molecular flexibility index (Phi) is 4.29. The molecule has 3 rings (SSSR count). The molecular weight excluding hydrogens is 294 g/mol. The molecule has 0 saturated heterocycles. The number of rotatable bonds is 5. The zero-order valence-corrected chi connectivity index (χ0v) is 12.3. The molecule has 6 heteroatoms. The molecule has 1 amide bonds. The van der Waals surface area contributed by atoms with Crippen molar-refractivity contribution in [1.82, 2.24) is 0 Å². The SMILES string of the molecule is N#Cc1ccccc1NCCC(=O)Nc1ccc2c(c1)OCO2. The number of amides is 1. The standard InChI is InChI=1S/C17H15N3O3/c18-10-12-3-1-2-4-14(12)19-8-7-17(21)20-13-5-6-15-16(9-13)23-11-22-15/h1-6,9,19H,7-8,11H2,(H,20,21). The smallest absolute Gasteiger partial charge is 0.231 e. The van der Waals surface area contributed by atoms with Gasteiger partial charge in [0.15, 0.2) is 11.5 Å². The maximum absolute atomic E-state index is 12.0. The summed E-state index contributed by atoms with van der Waals surface area (Å²) in [6.45, 7) is 0.643. The van der Waals surface area contributed by atoms with Gasteiger partial charge in [-0.25, -0.2) is 0 Å². The third kappa shape index (κ3) is 3.52. The van der Waals surface area contributed by atoms with E-state index in [1.807, 2.05) is 12.1 Å². The molecule has 1 heterocycles. The van der Waals surface area contributed by atoms with E-state index in [-0.39, 0.29) is 19.1 Å². The van der Waals surface area contributed by atoms with Crippen LogP contribution in [0.15, 0.2) is 42.5 Å². The van der Waals surface area contributed by atoms with Crippen LogP contribution < -0.4 is 20.1 Å². The van der Waals surface area contributed by atoms with Crippen molar-refractivity contribution in [2.24, 2.45) is 0 Å². The van der Waals surface area contributed by atoms with E-state index in [2.05, 4.69) is 16.7 Å². The molecule has 2 aromatic rings. The number of nitrogens with zero attached hydrogens (tertiary/aromatic N) is 1. The van der Waals surface area contributed by atoms with E-state index >= 15 is 0 Å². The molecule has 0 aliphatic carbocycles. The van der Waals surface area contributed by atoms with Gasteiger partial charge in [0.25, 0.3) is 0 Å². The van der Waals surface area contributed by atoms with E-state index in [9.17, 15) is 4.79 Å². The first-order valence-corrected chi connectivity index (χ1v) is 7.19. The van der Waals surface area contributed by atoms with E-state index in [0.29, 0.717) is 29.3 Å². The van der Waals surface area contributed by atoms with Crippen molar-refractivity contribution in [3.8, 4) is 17.6 Å². The fourth-order valence-corrected chi connectivity index (χ4v) is 2.24. The summed E-state index contributed by atoms with van der Waals surface area (Å²) in [4.78, 5) is 12.0. The van der Waals surface area contributed by atoms with Crippen molar-refractivity contribution in [2.75, 3.05) is 24.0 Å². The molecule has 0 fully saturated rings. The highest BCUT2D eigenvalue weighted by molar-refractivity contribution is 5.91. The van der Waals surface area contributed by atoms with E-state index < -0.39 is 0 Å². The van der Waals surface area contributed by atoms with Crippen molar-refractivity contribution in [3.63, 3.8) is 0 Å².